The third kappa shape index (κ3) is 3.04. The van der Waals surface area contributed by atoms with Gasteiger partial charge in [-0.1, -0.05) is 20.4 Å². The van der Waals surface area contributed by atoms with Gasteiger partial charge in [0.1, 0.15) is 11.6 Å². The Bertz CT molecular complexity index is 657. The molecule has 1 aliphatic heterocycles. The van der Waals surface area contributed by atoms with E-state index in [1.165, 1.54) is 17.3 Å². The number of fused-ring (bicyclic) bond motifs is 1. The maximum absolute atomic E-state index is 11.8. The molecular formula is C19H28N4O. The number of anilines is 1. The van der Waals surface area contributed by atoms with Crippen LogP contribution in [0.3, 0.4) is 0 Å². The Kier molecular flexibility index (Phi) is 4.61. The van der Waals surface area contributed by atoms with Crippen LogP contribution in [0, 0.1) is 18.8 Å². The molecule has 1 amide bonds. The number of aromatic nitrogens is 2. The highest BCUT2D eigenvalue weighted by Crippen LogP contribution is 2.34. The number of aryl methyl sites for hydroxylation is 1. The molecule has 1 aliphatic carbocycles. The smallest absolute Gasteiger partial charge is 0.246 e. The van der Waals surface area contributed by atoms with E-state index in [1.807, 2.05) is 11.8 Å². The fraction of sp³-hybridized carbons (Fsp3) is 0.632. The predicted molar refractivity (Wildman–Crippen MR) is 96.1 cm³/mol. The van der Waals surface area contributed by atoms with Gasteiger partial charge >= 0.3 is 0 Å². The van der Waals surface area contributed by atoms with E-state index in [2.05, 4.69) is 32.4 Å². The van der Waals surface area contributed by atoms with Crippen LogP contribution < -0.4 is 4.90 Å². The Morgan fingerprint density at radius 2 is 2.00 bits per heavy atom. The van der Waals surface area contributed by atoms with Crippen LogP contribution in [0.1, 0.15) is 37.4 Å². The van der Waals surface area contributed by atoms with Crippen molar-refractivity contribution in [2.24, 2.45) is 11.8 Å². The highest BCUT2D eigenvalue weighted by molar-refractivity contribution is 5.87. The average Bonchev–Trinajstić information content (AvgIpc) is 3.04. The Hall–Kier alpha value is -1.91. The number of likely N-dealkylation sites (tertiary alicyclic amines) is 1. The highest BCUT2D eigenvalue weighted by Gasteiger charge is 2.32. The van der Waals surface area contributed by atoms with Crippen LogP contribution in [0.15, 0.2) is 12.7 Å². The van der Waals surface area contributed by atoms with Crippen molar-refractivity contribution in [3.63, 3.8) is 0 Å². The Morgan fingerprint density at radius 1 is 1.29 bits per heavy atom. The lowest BCUT2D eigenvalue weighted by atomic mass is 9.80. The van der Waals surface area contributed by atoms with E-state index in [9.17, 15) is 4.79 Å². The monoisotopic (exact) mass is 328 g/mol. The van der Waals surface area contributed by atoms with Crippen molar-refractivity contribution >= 4 is 11.7 Å². The summed E-state index contributed by atoms with van der Waals surface area (Å²) in [6, 6.07) is 0.307. The second-order valence-corrected chi connectivity index (χ2v) is 7.42. The van der Waals surface area contributed by atoms with E-state index in [4.69, 9.17) is 9.97 Å². The molecule has 1 aromatic rings. The first-order chi connectivity index (χ1) is 11.4. The van der Waals surface area contributed by atoms with Crippen LogP contribution in [0.25, 0.3) is 0 Å². The molecule has 1 aromatic heterocycles. The SMILES string of the molecule is C=CC(=O)N1CC[C@@H](N(C)c2nc(C)nc3c2C[C@H](C)[C@@H](C)C3)C1. The molecule has 130 valence electrons. The maximum Gasteiger partial charge on any atom is 0.246 e. The van der Waals surface area contributed by atoms with E-state index in [1.54, 1.807) is 0 Å². The first-order valence-electron chi connectivity index (χ1n) is 8.91. The summed E-state index contributed by atoms with van der Waals surface area (Å²) in [4.78, 5) is 25.5. The van der Waals surface area contributed by atoms with Crippen LogP contribution in [0.4, 0.5) is 5.82 Å². The number of hydrogen-bond acceptors (Lipinski definition) is 4. The van der Waals surface area contributed by atoms with E-state index in [0.29, 0.717) is 17.9 Å². The minimum absolute atomic E-state index is 0.0224. The van der Waals surface area contributed by atoms with Gasteiger partial charge < -0.3 is 9.80 Å². The zero-order valence-corrected chi connectivity index (χ0v) is 15.2. The van der Waals surface area contributed by atoms with Gasteiger partial charge in [0.05, 0.1) is 0 Å². The lowest BCUT2D eigenvalue weighted by Gasteiger charge is -2.33. The molecule has 5 heteroatoms. The Morgan fingerprint density at radius 3 is 2.71 bits per heavy atom. The molecule has 1 fully saturated rings. The topological polar surface area (TPSA) is 49.3 Å². The zero-order valence-electron chi connectivity index (χ0n) is 15.2. The van der Waals surface area contributed by atoms with Crippen molar-refractivity contribution in [3.8, 4) is 0 Å². The van der Waals surface area contributed by atoms with Crippen LogP contribution in [-0.2, 0) is 17.6 Å². The fourth-order valence-electron chi connectivity index (χ4n) is 3.90. The van der Waals surface area contributed by atoms with Crippen LogP contribution in [0.5, 0.6) is 0 Å². The van der Waals surface area contributed by atoms with Gasteiger partial charge in [0.15, 0.2) is 0 Å². The van der Waals surface area contributed by atoms with E-state index in [0.717, 1.165) is 44.0 Å². The van der Waals surface area contributed by atoms with Gasteiger partial charge in [-0.3, -0.25) is 4.79 Å². The summed E-state index contributed by atoms with van der Waals surface area (Å²) in [7, 11) is 2.11. The van der Waals surface area contributed by atoms with Crippen molar-refractivity contribution in [3.05, 3.63) is 29.7 Å². The van der Waals surface area contributed by atoms with E-state index >= 15 is 0 Å². The van der Waals surface area contributed by atoms with Crippen molar-refractivity contribution < 1.29 is 4.79 Å². The fourth-order valence-corrected chi connectivity index (χ4v) is 3.90. The summed E-state index contributed by atoms with van der Waals surface area (Å²) in [6.45, 7) is 11.7. The summed E-state index contributed by atoms with van der Waals surface area (Å²) in [5.74, 6) is 3.24. The van der Waals surface area contributed by atoms with Crippen LogP contribution in [0.2, 0.25) is 0 Å². The van der Waals surface area contributed by atoms with Crippen LogP contribution >= 0.6 is 0 Å². The first-order valence-corrected chi connectivity index (χ1v) is 8.91. The lowest BCUT2D eigenvalue weighted by Crippen LogP contribution is -2.38. The van der Waals surface area contributed by atoms with Crippen molar-refractivity contribution in [2.75, 3.05) is 25.0 Å². The number of nitrogens with zero attached hydrogens (tertiary/aromatic N) is 4. The summed E-state index contributed by atoms with van der Waals surface area (Å²) >= 11 is 0. The predicted octanol–water partition coefficient (Wildman–Crippen LogP) is 2.38. The molecule has 0 unspecified atom stereocenters. The number of hydrogen-bond donors (Lipinski definition) is 0. The van der Waals surface area contributed by atoms with Crippen molar-refractivity contribution in [1.82, 2.24) is 14.9 Å². The summed E-state index contributed by atoms with van der Waals surface area (Å²) in [6.07, 6.45) is 4.45. The summed E-state index contributed by atoms with van der Waals surface area (Å²) < 4.78 is 0. The van der Waals surface area contributed by atoms with Crippen LogP contribution in [-0.4, -0.2) is 47.0 Å². The van der Waals surface area contributed by atoms with Gasteiger partial charge in [-0.25, -0.2) is 9.97 Å². The largest absolute Gasteiger partial charge is 0.354 e. The highest BCUT2D eigenvalue weighted by atomic mass is 16.2. The third-order valence-corrected chi connectivity index (χ3v) is 5.73. The van der Waals surface area contributed by atoms with Gasteiger partial charge in [-0.15, -0.1) is 0 Å². The molecule has 0 bridgehead atoms. The molecule has 2 aliphatic rings. The molecule has 24 heavy (non-hydrogen) atoms. The lowest BCUT2D eigenvalue weighted by molar-refractivity contribution is -0.125. The number of amides is 1. The minimum atomic E-state index is 0.0224. The molecular weight excluding hydrogens is 300 g/mol. The summed E-state index contributed by atoms with van der Waals surface area (Å²) in [5, 5.41) is 0. The minimum Gasteiger partial charge on any atom is -0.354 e. The molecule has 0 radical (unpaired) electrons. The van der Waals surface area contributed by atoms with Crippen molar-refractivity contribution in [1.29, 1.82) is 0 Å². The van der Waals surface area contributed by atoms with Crippen molar-refractivity contribution in [2.45, 2.75) is 46.1 Å². The van der Waals surface area contributed by atoms with Gasteiger partial charge in [0.25, 0.3) is 0 Å². The third-order valence-electron chi connectivity index (χ3n) is 5.73. The number of likely N-dealkylation sites (N-methyl/N-ethyl adjacent to an activating group) is 1. The standard InChI is InChI=1S/C19H28N4O/c1-6-18(24)23-8-7-15(11-23)22(5)19-16-9-12(2)13(3)10-17(16)20-14(4)21-19/h6,12-13,15H,1,7-11H2,2-5H3/t12-,13-,15+/m0/s1. The van der Waals surface area contributed by atoms with Gasteiger partial charge in [-0.2, -0.15) is 0 Å². The zero-order chi connectivity index (χ0) is 17.4. The molecule has 3 rings (SSSR count). The Balaban J connectivity index is 1.87. The number of rotatable bonds is 3. The molecule has 0 aromatic carbocycles. The molecule has 0 saturated carbocycles. The second-order valence-electron chi connectivity index (χ2n) is 7.42. The quantitative estimate of drug-likeness (QED) is 0.800. The molecule has 1 saturated heterocycles. The second kappa shape index (κ2) is 6.54. The maximum atomic E-state index is 11.8. The molecule has 0 N–H and O–H groups in total. The molecule has 3 atom stereocenters. The molecule has 0 spiro atoms. The van der Waals surface area contributed by atoms with Gasteiger partial charge in [0, 0.05) is 37.4 Å². The average molecular weight is 328 g/mol. The normalized spacial score (nSPS) is 26.2. The van der Waals surface area contributed by atoms with Gasteiger partial charge in [0.2, 0.25) is 5.91 Å². The van der Waals surface area contributed by atoms with E-state index in [-0.39, 0.29) is 5.91 Å². The Labute approximate surface area is 144 Å². The molecule has 2 heterocycles. The summed E-state index contributed by atoms with van der Waals surface area (Å²) in [5.41, 5.74) is 2.52. The number of carbonyl (C=O) groups excluding carboxylic acids is 1. The molecule has 5 nitrogen and oxygen atoms in total. The van der Waals surface area contributed by atoms with Gasteiger partial charge in [-0.05, 0) is 44.1 Å². The van der Waals surface area contributed by atoms with E-state index < -0.39 is 0 Å². The number of carbonyl (C=O) groups is 1. The first kappa shape index (κ1) is 16.9.